The molecule has 0 aliphatic rings. The van der Waals surface area contributed by atoms with E-state index in [0.717, 1.165) is 39.0 Å². The maximum absolute atomic E-state index is 5.66. The number of unbranched alkanes of at least 4 members (excludes halogenated alkanes) is 1. The number of hydrogen-bond donors (Lipinski definition) is 2. The molecule has 0 amide bonds. The fourth-order valence-electron chi connectivity index (χ4n) is 1.09. The molecule has 0 fully saturated rings. The average molecular weight is 229 g/mol. The molecular formula is C12H27N3O. The van der Waals surface area contributed by atoms with Gasteiger partial charge in [-0.1, -0.05) is 27.2 Å². The lowest BCUT2D eigenvalue weighted by Crippen LogP contribution is -2.34. The molecule has 0 aliphatic carbocycles. The summed E-state index contributed by atoms with van der Waals surface area (Å²) >= 11 is 0. The van der Waals surface area contributed by atoms with Gasteiger partial charge in [0.2, 0.25) is 0 Å². The Morgan fingerprint density at radius 3 is 2.75 bits per heavy atom. The SMILES string of the molecule is CCCCN=C(N)NCCOCCC(C)C. The Kier molecular flexibility index (Phi) is 10.2. The van der Waals surface area contributed by atoms with Gasteiger partial charge in [0.1, 0.15) is 0 Å². The summed E-state index contributed by atoms with van der Waals surface area (Å²) in [5.74, 6) is 1.23. The largest absolute Gasteiger partial charge is 0.380 e. The van der Waals surface area contributed by atoms with E-state index in [-0.39, 0.29) is 0 Å². The number of nitrogens with two attached hydrogens (primary N) is 1. The molecule has 0 aromatic carbocycles. The van der Waals surface area contributed by atoms with Crippen LogP contribution in [0.4, 0.5) is 0 Å². The quantitative estimate of drug-likeness (QED) is 0.360. The maximum Gasteiger partial charge on any atom is 0.188 e. The number of nitrogens with one attached hydrogen (secondary N) is 1. The number of ether oxygens (including phenoxy) is 1. The molecule has 0 aromatic rings. The summed E-state index contributed by atoms with van der Waals surface area (Å²) in [6.45, 7) is 9.59. The minimum absolute atomic E-state index is 0.529. The molecule has 0 unspecified atom stereocenters. The van der Waals surface area contributed by atoms with E-state index in [1.54, 1.807) is 0 Å². The minimum Gasteiger partial charge on any atom is -0.380 e. The summed E-state index contributed by atoms with van der Waals surface area (Å²) in [4.78, 5) is 4.19. The first kappa shape index (κ1) is 15.2. The fraction of sp³-hybridized carbons (Fsp3) is 0.917. The van der Waals surface area contributed by atoms with Crippen molar-refractivity contribution >= 4 is 5.96 Å². The Bertz CT molecular complexity index is 181. The van der Waals surface area contributed by atoms with Gasteiger partial charge in [0.05, 0.1) is 6.61 Å². The molecule has 4 heteroatoms. The summed E-state index contributed by atoms with van der Waals surface area (Å²) in [5, 5.41) is 3.03. The van der Waals surface area contributed by atoms with E-state index in [1.165, 1.54) is 0 Å². The number of rotatable bonds is 9. The highest BCUT2D eigenvalue weighted by atomic mass is 16.5. The molecule has 16 heavy (non-hydrogen) atoms. The normalized spacial score (nSPS) is 12.1. The summed E-state index contributed by atoms with van der Waals surface area (Å²) in [5.41, 5.74) is 5.66. The Hall–Kier alpha value is -0.770. The first-order chi connectivity index (χ1) is 7.66. The van der Waals surface area contributed by atoms with Crippen LogP contribution in [-0.2, 0) is 4.74 Å². The molecule has 3 N–H and O–H groups in total. The topological polar surface area (TPSA) is 59.6 Å². The molecule has 0 rings (SSSR count). The van der Waals surface area contributed by atoms with Gasteiger partial charge in [0.15, 0.2) is 5.96 Å². The molecule has 0 heterocycles. The molecule has 0 spiro atoms. The van der Waals surface area contributed by atoms with Crippen molar-refractivity contribution in [1.82, 2.24) is 5.32 Å². The highest BCUT2D eigenvalue weighted by Crippen LogP contribution is 1.98. The molecule has 0 saturated carbocycles. The van der Waals surface area contributed by atoms with Gasteiger partial charge in [-0.15, -0.1) is 0 Å². The van der Waals surface area contributed by atoms with Gasteiger partial charge in [-0.2, -0.15) is 0 Å². The van der Waals surface area contributed by atoms with Crippen molar-refractivity contribution < 1.29 is 4.74 Å². The van der Waals surface area contributed by atoms with Crippen molar-refractivity contribution in [1.29, 1.82) is 0 Å². The van der Waals surface area contributed by atoms with Gasteiger partial charge in [-0.3, -0.25) is 4.99 Å². The third kappa shape index (κ3) is 11.3. The van der Waals surface area contributed by atoms with Crippen LogP contribution < -0.4 is 11.1 Å². The van der Waals surface area contributed by atoms with Crippen molar-refractivity contribution in [2.75, 3.05) is 26.3 Å². The van der Waals surface area contributed by atoms with Crippen LogP contribution >= 0.6 is 0 Å². The predicted octanol–water partition coefficient (Wildman–Crippen LogP) is 1.75. The van der Waals surface area contributed by atoms with E-state index in [1.807, 2.05) is 0 Å². The van der Waals surface area contributed by atoms with Crippen LogP contribution in [0.1, 0.15) is 40.0 Å². The van der Waals surface area contributed by atoms with Gasteiger partial charge >= 0.3 is 0 Å². The molecule has 0 aromatic heterocycles. The number of hydrogen-bond acceptors (Lipinski definition) is 2. The first-order valence-corrected chi connectivity index (χ1v) is 6.28. The summed E-state index contributed by atoms with van der Waals surface area (Å²) < 4.78 is 5.45. The Balaban J connectivity index is 3.27. The van der Waals surface area contributed by atoms with Crippen molar-refractivity contribution in [3.63, 3.8) is 0 Å². The lowest BCUT2D eigenvalue weighted by atomic mass is 10.1. The fourth-order valence-corrected chi connectivity index (χ4v) is 1.09. The second-order valence-corrected chi connectivity index (χ2v) is 4.34. The highest BCUT2D eigenvalue weighted by molar-refractivity contribution is 5.77. The van der Waals surface area contributed by atoms with Crippen LogP contribution in [-0.4, -0.2) is 32.3 Å². The molecule has 0 radical (unpaired) electrons. The van der Waals surface area contributed by atoms with E-state index < -0.39 is 0 Å². The molecule has 4 nitrogen and oxygen atoms in total. The van der Waals surface area contributed by atoms with Crippen LogP contribution in [0.3, 0.4) is 0 Å². The van der Waals surface area contributed by atoms with Crippen molar-refractivity contribution in [3.05, 3.63) is 0 Å². The lowest BCUT2D eigenvalue weighted by Gasteiger charge is -2.08. The predicted molar refractivity (Wildman–Crippen MR) is 69.7 cm³/mol. The Morgan fingerprint density at radius 1 is 1.38 bits per heavy atom. The van der Waals surface area contributed by atoms with Crippen LogP contribution in [0.5, 0.6) is 0 Å². The zero-order chi connectivity index (χ0) is 12.2. The summed E-state index contributed by atoms with van der Waals surface area (Å²) in [6, 6.07) is 0. The third-order valence-corrected chi connectivity index (χ3v) is 2.19. The molecular weight excluding hydrogens is 202 g/mol. The van der Waals surface area contributed by atoms with Crippen LogP contribution in [0.2, 0.25) is 0 Å². The van der Waals surface area contributed by atoms with Crippen LogP contribution in [0.15, 0.2) is 4.99 Å². The zero-order valence-electron chi connectivity index (χ0n) is 11.0. The average Bonchev–Trinajstić information content (AvgIpc) is 2.23. The third-order valence-electron chi connectivity index (χ3n) is 2.19. The van der Waals surface area contributed by atoms with Crippen LogP contribution in [0.25, 0.3) is 0 Å². The van der Waals surface area contributed by atoms with Gasteiger partial charge in [-0.05, 0) is 18.8 Å². The summed E-state index contributed by atoms with van der Waals surface area (Å²) in [7, 11) is 0. The number of aliphatic imine (C=N–C) groups is 1. The van der Waals surface area contributed by atoms with Crippen molar-refractivity contribution in [2.24, 2.45) is 16.6 Å². The molecule has 0 aliphatic heterocycles. The monoisotopic (exact) mass is 229 g/mol. The first-order valence-electron chi connectivity index (χ1n) is 6.28. The molecule has 96 valence electrons. The van der Waals surface area contributed by atoms with Crippen molar-refractivity contribution in [3.8, 4) is 0 Å². The maximum atomic E-state index is 5.66. The molecule has 0 bridgehead atoms. The Morgan fingerprint density at radius 2 is 2.12 bits per heavy atom. The van der Waals surface area contributed by atoms with E-state index >= 15 is 0 Å². The van der Waals surface area contributed by atoms with Gasteiger partial charge in [0, 0.05) is 19.7 Å². The van der Waals surface area contributed by atoms with Gasteiger partial charge in [0.25, 0.3) is 0 Å². The second-order valence-electron chi connectivity index (χ2n) is 4.34. The second kappa shape index (κ2) is 10.7. The number of nitrogens with zero attached hydrogens (tertiary/aromatic N) is 1. The summed E-state index contributed by atoms with van der Waals surface area (Å²) in [6.07, 6.45) is 3.35. The van der Waals surface area contributed by atoms with Gasteiger partial charge in [-0.25, -0.2) is 0 Å². The van der Waals surface area contributed by atoms with E-state index in [2.05, 4.69) is 31.1 Å². The smallest absolute Gasteiger partial charge is 0.188 e. The minimum atomic E-state index is 0.529. The Labute approximate surface area is 99.7 Å². The lowest BCUT2D eigenvalue weighted by molar-refractivity contribution is 0.128. The van der Waals surface area contributed by atoms with E-state index in [9.17, 15) is 0 Å². The van der Waals surface area contributed by atoms with E-state index in [4.69, 9.17) is 10.5 Å². The molecule has 0 saturated heterocycles. The van der Waals surface area contributed by atoms with Crippen molar-refractivity contribution in [2.45, 2.75) is 40.0 Å². The molecule has 0 atom stereocenters. The zero-order valence-corrected chi connectivity index (χ0v) is 11.0. The highest BCUT2D eigenvalue weighted by Gasteiger charge is 1.94. The van der Waals surface area contributed by atoms with Crippen LogP contribution in [0, 0.1) is 5.92 Å². The van der Waals surface area contributed by atoms with Gasteiger partial charge < -0.3 is 15.8 Å². The number of guanidine groups is 1. The van der Waals surface area contributed by atoms with E-state index in [0.29, 0.717) is 18.5 Å². The standard InChI is InChI=1S/C12H27N3O/c1-4-5-7-14-12(13)15-8-10-16-9-6-11(2)3/h11H,4-10H2,1-3H3,(H3,13,14,15).